The number of hydrogen-bond donors (Lipinski definition) is 0. The van der Waals surface area contributed by atoms with E-state index in [2.05, 4.69) is 52.1 Å². The molecule has 17 heavy (non-hydrogen) atoms. The largest absolute Gasteiger partial charge is 0.256 e. The summed E-state index contributed by atoms with van der Waals surface area (Å²) >= 11 is 3.78. The summed E-state index contributed by atoms with van der Waals surface area (Å²) in [4.78, 5) is 5.12. The first-order chi connectivity index (χ1) is 8.25. The fraction of sp³-hybridized carbons (Fsp3) is 0.400. The molecule has 0 amide bonds. The summed E-state index contributed by atoms with van der Waals surface area (Å²) in [6.07, 6.45) is 4.44. The molecule has 1 aromatic heterocycles. The highest BCUT2D eigenvalue weighted by Gasteiger charge is 2.31. The number of hydrogen-bond acceptors (Lipinski definition) is 1. The number of benzene rings is 1. The normalized spacial score (nSPS) is 28.7. The van der Waals surface area contributed by atoms with Crippen LogP contribution in [0.3, 0.4) is 0 Å². The molecule has 3 rings (SSSR count). The maximum Gasteiger partial charge on any atom is 0.0704 e. The lowest BCUT2D eigenvalue weighted by Crippen LogP contribution is -2.08. The zero-order valence-electron chi connectivity index (χ0n) is 9.94. The van der Waals surface area contributed by atoms with Crippen LogP contribution in [0.15, 0.2) is 36.5 Å². The van der Waals surface area contributed by atoms with Gasteiger partial charge in [0.2, 0.25) is 0 Å². The number of alkyl halides is 1. The van der Waals surface area contributed by atoms with Crippen molar-refractivity contribution in [3.8, 4) is 0 Å². The van der Waals surface area contributed by atoms with Crippen LogP contribution in [0, 0.1) is 5.92 Å². The molecule has 88 valence electrons. The van der Waals surface area contributed by atoms with Crippen LogP contribution in [0.2, 0.25) is 0 Å². The molecule has 0 aliphatic heterocycles. The minimum atomic E-state index is 0.673. The van der Waals surface area contributed by atoms with Gasteiger partial charge in [0.05, 0.1) is 5.52 Å². The maximum atomic E-state index is 4.45. The van der Waals surface area contributed by atoms with Gasteiger partial charge in [-0.1, -0.05) is 41.1 Å². The van der Waals surface area contributed by atoms with Gasteiger partial charge in [-0.2, -0.15) is 0 Å². The number of nitrogens with zero attached hydrogens (tertiary/aromatic N) is 1. The highest BCUT2D eigenvalue weighted by atomic mass is 79.9. The molecule has 2 heteroatoms. The average molecular weight is 290 g/mol. The van der Waals surface area contributed by atoms with Crippen LogP contribution >= 0.6 is 15.9 Å². The van der Waals surface area contributed by atoms with Crippen molar-refractivity contribution in [3.05, 3.63) is 42.1 Å². The van der Waals surface area contributed by atoms with Crippen molar-refractivity contribution in [1.82, 2.24) is 4.98 Å². The molecule has 0 bridgehead atoms. The highest BCUT2D eigenvalue weighted by Crippen LogP contribution is 2.43. The van der Waals surface area contributed by atoms with Crippen molar-refractivity contribution < 1.29 is 0 Å². The average Bonchev–Trinajstić information content (AvgIpc) is 2.70. The second-order valence-corrected chi connectivity index (χ2v) is 6.19. The van der Waals surface area contributed by atoms with Gasteiger partial charge >= 0.3 is 0 Å². The second-order valence-electron chi connectivity index (χ2n) is 5.01. The molecular weight excluding hydrogens is 274 g/mol. The number of rotatable bonds is 1. The Morgan fingerprint density at radius 2 is 2.12 bits per heavy atom. The molecule has 1 aliphatic carbocycles. The first-order valence-electron chi connectivity index (χ1n) is 6.24. The van der Waals surface area contributed by atoms with Crippen LogP contribution in [0.4, 0.5) is 0 Å². The zero-order chi connectivity index (χ0) is 11.8. The van der Waals surface area contributed by atoms with Crippen LogP contribution in [0.5, 0.6) is 0 Å². The van der Waals surface area contributed by atoms with E-state index in [1.807, 2.05) is 12.3 Å². The smallest absolute Gasteiger partial charge is 0.0704 e. The van der Waals surface area contributed by atoms with Crippen molar-refractivity contribution >= 4 is 26.8 Å². The highest BCUT2D eigenvalue weighted by molar-refractivity contribution is 9.09. The summed E-state index contributed by atoms with van der Waals surface area (Å²) in [5, 5.41) is 1.23. The molecule has 1 aliphatic rings. The summed E-state index contributed by atoms with van der Waals surface area (Å²) in [7, 11) is 0. The van der Waals surface area contributed by atoms with Gasteiger partial charge in [-0.3, -0.25) is 4.98 Å². The fourth-order valence-corrected chi connectivity index (χ4v) is 3.53. The van der Waals surface area contributed by atoms with Gasteiger partial charge in [-0.05, 0) is 42.4 Å². The Labute approximate surface area is 110 Å². The molecule has 1 fully saturated rings. The van der Waals surface area contributed by atoms with E-state index in [1.54, 1.807) is 0 Å². The van der Waals surface area contributed by atoms with Gasteiger partial charge in [0.15, 0.2) is 0 Å². The summed E-state index contributed by atoms with van der Waals surface area (Å²) in [5.74, 6) is 1.40. The Kier molecular flexibility index (Phi) is 2.91. The fourth-order valence-electron chi connectivity index (χ4n) is 2.90. The van der Waals surface area contributed by atoms with Crippen molar-refractivity contribution in [2.45, 2.75) is 30.5 Å². The lowest BCUT2D eigenvalue weighted by Gasteiger charge is -2.18. The lowest BCUT2D eigenvalue weighted by molar-refractivity contribution is 0.545. The third kappa shape index (κ3) is 1.99. The van der Waals surface area contributed by atoms with Gasteiger partial charge in [-0.15, -0.1) is 0 Å². The topological polar surface area (TPSA) is 12.9 Å². The van der Waals surface area contributed by atoms with Gasteiger partial charge < -0.3 is 0 Å². The van der Waals surface area contributed by atoms with Gasteiger partial charge in [0.1, 0.15) is 0 Å². The molecule has 1 nitrogen and oxygen atoms in total. The Morgan fingerprint density at radius 1 is 1.24 bits per heavy atom. The Bertz CT molecular complexity index is 537. The Hall–Kier alpha value is -0.890. The summed E-state index contributed by atoms with van der Waals surface area (Å²) in [6, 6.07) is 10.9. The van der Waals surface area contributed by atoms with Crippen molar-refractivity contribution in [3.63, 3.8) is 0 Å². The molecular formula is C15H16BrN. The predicted octanol–water partition coefficient (Wildman–Crippen LogP) is 4.51. The zero-order valence-corrected chi connectivity index (χ0v) is 11.5. The van der Waals surface area contributed by atoms with E-state index < -0.39 is 0 Å². The molecule has 0 spiro atoms. The predicted molar refractivity (Wildman–Crippen MR) is 75.6 cm³/mol. The maximum absolute atomic E-state index is 4.45. The van der Waals surface area contributed by atoms with E-state index in [-0.39, 0.29) is 0 Å². The summed E-state index contributed by atoms with van der Waals surface area (Å²) < 4.78 is 0. The molecule has 0 radical (unpaired) electrons. The Balaban J connectivity index is 2.01. The minimum absolute atomic E-state index is 0.673. The van der Waals surface area contributed by atoms with E-state index >= 15 is 0 Å². The number of fused-ring (bicyclic) bond motifs is 1. The van der Waals surface area contributed by atoms with Gasteiger partial charge in [0, 0.05) is 16.4 Å². The molecule has 1 saturated carbocycles. The van der Waals surface area contributed by atoms with Crippen molar-refractivity contribution in [2.24, 2.45) is 5.92 Å². The first kappa shape index (κ1) is 11.2. The number of aromatic nitrogens is 1. The van der Waals surface area contributed by atoms with E-state index in [0.29, 0.717) is 10.7 Å². The second kappa shape index (κ2) is 4.41. The number of pyridine rings is 1. The minimum Gasteiger partial charge on any atom is -0.256 e. The summed E-state index contributed by atoms with van der Waals surface area (Å²) in [5.41, 5.74) is 2.57. The standard InChI is InChI=1S/C15H16BrN/c1-10-13(6-7-14(10)16)12-5-4-11-3-2-8-17-15(11)9-12/h2-5,8-10,13-14H,6-7H2,1H3. The van der Waals surface area contributed by atoms with Crippen LogP contribution in [-0.2, 0) is 0 Å². The summed E-state index contributed by atoms with van der Waals surface area (Å²) in [6.45, 7) is 2.35. The molecule has 0 N–H and O–H groups in total. The molecule has 0 saturated heterocycles. The van der Waals surface area contributed by atoms with Crippen LogP contribution in [0.25, 0.3) is 10.9 Å². The molecule has 3 atom stereocenters. The van der Waals surface area contributed by atoms with E-state index in [4.69, 9.17) is 0 Å². The van der Waals surface area contributed by atoms with Crippen LogP contribution in [0.1, 0.15) is 31.2 Å². The first-order valence-corrected chi connectivity index (χ1v) is 7.16. The van der Waals surface area contributed by atoms with Crippen molar-refractivity contribution in [1.29, 1.82) is 0 Å². The lowest BCUT2D eigenvalue weighted by atomic mass is 9.89. The Morgan fingerprint density at radius 3 is 2.88 bits per heavy atom. The van der Waals surface area contributed by atoms with E-state index in [9.17, 15) is 0 Å². The van der Waals surface area contributed by atoms with Gasteiger partial charge in [-0.25, -0.2) is 0 Å². The molecule has 2 aromatic rings. The van der Waals surface area contributed by atoms with Gasteiger partial charge in [0.25, 0.3) is 0 Å². The quantitative estimate of drug-likeness (QED) is 0.704. The SMILES string of the molecule is CC1C(Br)CCC1c1ccc2cccnc2c1. The van der Waals surface area contributed by atoms with Crippen molar-refractivity contribution in [2.75, 3.05) is 0 Å². The number of halogens is 1. The van der Waals surface area contributed by atoms with E-state index in [1.165, 1.54) is 23.8 Å². The third-order valence-electron chi connectivity index (χ3n) is 4.02. The van der Waals surface area contributed by atoms with Crippen LogP contribution in [-0.4, -0.2) is 9.81 Å². The molecule has 3 unspecified atom stereocenters. The van der Waals surface area contributed by atoms with Crippen LogP contribution < -0.4 is 0 Å². The molecule has 1 heterocycles. The monoisotopic (exact) mass is 289 g/mol. The molecule has 1 aromatic carbocycles. The third-order valence-corrected chi connectivity index (χ3v) is 5.31. The van der Waals surface area contributed by atoms with E-state index in [0.717, 1.165) is 11.4 Å².